The van der Waals surface area contributed by atoms with Crippen LogP contribution in [0.2, 0.25) is 0 Å². The molecule has 0 saturated heterocycles. The third-order valence-corrected chi connectivity index (χ3v) is 2.30. The largest absolute Gasteiger partial charge is 0.397 e. The van der Waals surface area contributed by atoms with Gasteiger partial charge < -0.3 is 15.6 Å². The van der Waals surface area contributed by atoms with Crippen molar-refractivity contribution in [3.8, 4) is 5.69 Å². The molecule has 0 aliphatic rings. The third kappa shape index (κ3) is 1.75. The molecule has 0 aliphatic heterocycles. The van der Waals surface area contributed by atoms with Crippen LogP contribution >= 0.6 is 0 Å². The quantitative estimate of drug-likeness (QED) is 0.730. The number of imidazole rings is 1. The van der Waals surface area contributed by atoms with E-state index >= 15 is 0 Å². The van der Waals surface area contributed by atoms with Crippen molar-refractivity contribution in [1.82, 2.24) is 14.9 Å². The number of nitrogens with two attached hydrogens (primary N) is 1. The predicted octanol–water partition coefficient (Wildman–Crippen LogP) is 0.814. The van der Waals surface area contributed by atoms with Crippen LogP contribution in [0.1, 0.15) is 10.4 Å². The molecule has 1 aromatic heterocycles. The highest BCUT2D eigenvalue weighted by Crippen LogP contribution is 2.18. The fourth-order valence-corrected chi connectivity index (χ4v) is 1.48. The first-order valence-corrected chi connectivity index (χ1v) is 4.82. The van der Waals surface area contributed by atoms with Gasteiger partial charge in [0.2, 0.25) is 0 Å². The van der Waals surface area contributed by atoms with E-state index in [0.29, 0.717) is 11.3 Å². The summed E-state index contributed by atoms with van der Waals surface area (Å²) in [6.45, 7) is 0. The average molecular weight is 216 g/mol. The van der Waals surface area contributed by atoms with Crippen LogP contribution in [0.4, 0.5) is 5.69 Å². The van der Waals surface area contributed by atoms with E-state index in [1.165, 1.54) is 0 Å². The van der Waals surface area contributed by atoms with Gasteiger partial charge in [-0.05, 0) is 18.2 Å². The van der Waals surface area contributed by atoms with Crippen LogP contribution in [0, 0.1) is 0 Å². The maximum Gasteiger partial charge on any atom is 0.251 e. The molecule has 0 saturated carbocycles. The molecular formula is C11H12N4O. The van der Waals surface area contributed by atoms with Crippen molar-refractivity contribution in [3.63, 3.8) is 0 Å². The molecule has 1 amide bonds. The molecule has 0 atom stereocenters. The first-order valence-electron chi connectivity index (χ1n) is 4.82. The van der Waals surface area contributed by atoms with E-state index in [1.54, 1.807) is 48.5 Å². The maximum atomic E-state index is 11.4. The van der Waals surface area contributed by atoms with Gasteiger partial charge in [0.1, 0.15) is 0 Å². The molecule has 82 valence electrons. The Hall–Kier alpha value is -2.30. The average Bonchev–Trinajstić information content (AvgIpc) is 2.81. The number of rotatable bonds is 2. The number of anilines is 1. The van der Waals surface area contributed by atoms with Gasteiger partial charge >= 0.3 is 0 Å². The second kappa shape index (κ2) is 4.06. The molecule has 2 aromatic rings. The molecule has 16 heavy (non-hydrogen) atoms. The fraction of sp³-hybridized carbons (Fsp3) is 0.0909. The molecule has 0 unspecified atom stereocenters. The molecule has 0 spiro atoms. The molecule has 0 aliphatic carbocycles. The summed E-state index contributed by atoms with van der Waals surface area (Å²) in [6, 6.07) is 5.17. The van der Waals surface area contributed by atoms with Crippen LogP contribution in [0.25, 0.3) is 5.69 Å². The van der Waals surface area contributed by atoms with Crippen molar-refractivity contribution in [2.75, 3.05) is 12.8 Å². The Morgan fingerprint density at radius 1 is 1.50 bits per heavy atom. The predicted molar refractivity (Wildman–Crippen MR) is 61.4 cm³/mol. The summed E-state index contributed by atoms with van der Waals surface area (Å²) in [5.41, 5.74) is 7.77. The minimum absolute atomic E-state index is 0.149. The van der Waals surface area contributed by atoms with Crippen molar-refractivity contribution in [1.29, 1.82) is 0 Å². The van der Waals surface area contributed by atoms with Gasteiger partial charge in [-0.15, -0.1) is 0 Å². The highest BCUT2D eigenvalue weighted by atomic mass is 16.1. The molecule has 2 rings (SSSR count). The van der Waals surface area contributed by atoms with Gasteiger partial charge in [-0.2, -0.15) is 0 Å². The summed E-state index contributed by atoms with van der Waals surface area (Å²) in [7, 11) is 1.59. The Morgan fingerprint density at radius 2 is 2.31 bits per heavy atom. The Kier molecular flexibility index (Phi) is 2.59. The SMILES string of the molecule is CNC(=O)c1ccc(-n2ccnc2)c(N)c1. The fourth-order valence-electron chi connectivity index (χ4n) is 1.48. The highest BCUT2D eigenvalue weighted by Gasteiger charge is 2.07. The van der Waals surface area contributed by atoms with Crippen molar-refractivity contribution in [2.45, 2.75) is 0 Å². The van der Waals surface area contributed by atoms with Gasteiger partial charge in [0, 0.05) is 25.0 Å². The summed E-state index contributed by atoms with van der Waals surface area (Å²) in [5.74, 6) is -0.149. The van der Waals surface area contributed by atoms with E-state index in [0.717, 1.165) is 5.69 Å². The zero-order valence-electron chi connectivity index (χ0n) is 8.84. The van der Waals surface area contributed by atoms with Crippen molar-refractivity contribution in [2.24, 2.45) is 0 Å². The van der Waals surface area contributed by atoms with E-state index in [1.807, 2.05) is 0 Å². The molecule has 0 radical (unpaired) electrons. The number of nitrogens with one attached hydrogen (secondary N) is 1. The topological polar surface area (TPSA) is 72.9 Å². The molecule has 1 aromatic carbocycles. The minimum Gasteiger partial charge on any atom is -0.397 e. The molecular weight excluding hydrogens is 204 g/mol. The van der Waals surface area contributed by atoms with E-state index in [4.69, 9.17) is 5.73 Å². The number of hydrogen-bond donors (Lipinski definition) is 2. The van der Waals surface area contributed by atoms with Crippen LogP contribution in [-0.4, -0.2) is 22.5 Å². The second-order valence-electron chi connectivity index (χ2n) is 3.32. The first kappa shape index (κ1) is 10.2. The van der Waals surface area contributed by atoms with Gasteiger partial charge in [-0.1, -0.05) is 0 Å². The molecule has 5 nitrogen and oxygen atoms in total. The third-order valence-electron chi connectivity index (χ3n) is 2.30. The Bertz CT molecular complexity index is 505. The summed E-state index contributed by atoms with van der Waals surface area (Å²) in [6.07, 6.45) is 5.13. The minimum atomic E-state index is -0.149. The molecule has 0 bridgehead atoms. The zero-order chi connectivity index (χ0) is 11.5. The lowest BCUT2D eigenvalue weighted by Crippen LogP contribution is -2.18. The first-order chi connectivity index (χ1) is 7.72. The van der Waals surface area contributed by atoms with Crippen molar-refractivity contribution in [3.05, 3.63) is 42.5 Å². The number of hydrogen-bond acceptors (Lipinski definition) is 3. The number of benzene rings is 1. The van der Waals surface area contributed by atoms with Crippen LogP contribution in [0.15, 0.2) is 36.9 Å². The number of aromatic nitrogens is 2. The number of carbonyl (C=O) groups excluding carboxylic acids is 1. The van der Waals surface area contributed by atoms with Gasteiger partial charge in [-0.25, -0.2) is 4.98 Å². The molecule has 0 fully saturated rings. The lowest BCUT2D eigenvalue weighted by Gasteiger charge is -2.08. The normalized spacial score (nSPS) is 10.1. The Morgan fingerprint density at radius 3 is 2.88 bits per heavy atom. The number of carbonyl (C=O) groups is 1. The van der Waals surface area contributed by atoms with Crippen molar-refractivity contribution < 1.29 is 4.79 Å². The maximum absolute atomic E-state index is 11.4. The highest BCUT2D eigenvalue weighted by molar-refractivity contribution is 5.95. The Balaban J connectivity index is 2.41. The second-order valence-corrected chi connectivity index (χ2v) is 3.32. The van der Waals surface area contributed by atoms with Crippen LogP contribution in [0.3, 0.4) is 0 Å². The number of amides is 1. The van der Waals surface area contributed by atoms with E-state index in [9.17, 15) is 4.79 Å². The smallest absolute Gasteiger partial charge is 0.251 e. The summed E-state index contributed by atoms with van der Waals surface area (Å²) in [4.78, 5) is 15.3. The lowest BCUT2D eigenvalue weighted by atomic mass is 10.1. The summed E-state index contributed by atoms with van der Waals surface area (Å²) < 4.78 is 1.79. The van der Waals surface area contributed by atoms with Gasteiger partial charge in [0.05, 0.1) is 17.7 Å². The van der Waals surface area contributed by atoms with Crippen LogP contribution in [0.5, 0.6) is 0 Å². The standard InChI is InChI=1S/C11H12N4O/c1-13-11(16)8-2-3-10(9(12)6-8)15-5-4-14-7-15/h2-7H,12H2,1H3,(H,13,16). The van der Waals surface area contributed by atoms with Gasteiger partial charge in [0.15, 0.2) is 0 Å². The van der Waals surface area contributed by atoms with E-state index in [2.05, 4.69) is 10.3 Å². The molecule has 5 heteroatoms. The van der Waals surface area contributed by atoms with Crippen molar-refractivity contribution >= 4 is 11.6 Å². The summed E-state index contributed by atoms with van der Waals surface area (Å²) in [5, 5.41) is 2.55. The zero-order valence-corrected chi connectivity index (χ0v) is 8.84. The lowest BCUT2D eigenvalue weighted by molar-refractivity contribution is 0.0963. The number of nitrogen functional groups attached to an aromatic ring is 1. The Labute approximate surface area is 92.9 Å². The number of nitrogens with zero attached hydrogens (tertiary/aromatic N) is 2. The van der Waals surface area contributed by atoms with E-state index in [-0.39, 0.29) is 5.91 Å². The monoisotopic (exact) mass is 216 g/mol. The van der Waals surface area contributed by atoms with Crippen LogP contribution in [-0.2, 0) is 0 Å². The molecule has 3 N–H and O–H groups in total. The van der Waals surface area contributed by atoms with Crippen LogP contribution < -0.4 is 11.1 Å². The molecule has 1 heterocycles. The van der Waals surface area contributed by atoms with Gasteiger partial charge in [-0.3, -0.25) is 4.79 Å². The van der Waals surface area contributed by atoms with Gasteiger partial charge in [0.25, 0.3) is 5.91 Å². The van der Waals surface area contributed by atoms with E-state index < -0.39 is 0 Å². The summed E-state index contributed by atoms with van der Waals surface area (Å²) >= 11 is 0.